The van der Waals surface area contributed by atoms with Gasteiger partial charge < -0.3 is 9.73 Å². The number of aryl methyl sites for hydroxylation is 1. The van der Waals surface area contributed by atoms with E-state index in [1.807, 2.05) is 43.3 Å². The first kappa shape index (κ1) is 20.8. The second-order valence-electron chi connectivity index (χ2n) is 6.78. The Morgan fingerprint density at radius 2 is 1.93 bits per heavy atom. The van der Waals surface area contributed by atoms with Crippen LogP contribution in [0.3, 0.4) is 0 Å². The zero-order chi connectivity index (χ0) is 21.0. The number of nitrogens with zero attached hydrogens (tertiary/aromatic N) is 3. The number of benzene rings is 1. The third-order valence-corrected chi connectivity index (χ3v) is 5.77. The first-order valence-electron chi connectivity index (χ1n) is 9.17. The Kier molecular flexibility index (Phi) is 6.19. The number of carbonyl (C=O) groups excluding carboxylic acids is 1. The molecule has 2 heterocycles. The second kappa shape index (κ2) is 8.62. The van der Waals surface area contributed by atoms with E-state index in [0.29, 0.717) is 36.5 Å². The van der Waals surface area contributed by atoms with Crippen molar-refractivity contribution in [1.82, 2.24) is 19.4 Å². The first-order chi connectivity index (χ1) is 13.8. The van der Waals surface area contributed by atoms with Gasteiger partial charge in [-0.3, -0.25) is 4.79 Å². The van der Waals surface area contributed by atoms with Gasteiger partial charge in [-0.15, -0.1) is 0 Å². The monoisotopic (exact) mass is 416 g/mol. The summed E-state index contributed by atoms with van der Waals surface area (Å²) in [5.41, 5.74) is 1.67. The molecule has 0 radical (unpaired) electrons. The van der Waals surface area contributed by atoms with Gasteiger partial charge >= 0.3 is 0 Å². The van der Waals surface area contributed by atoms with E-state index in [4.69, 9.17) is 4.42 Å². The molecule has 0 saturated carbocycles. The lowest BCUT2D eigenvalue weighted by molar-refractivity contribution is 0.0953. The van der Waals surface area contributed by atoms with Crippen molar-refractivity contribution in [3.05, 3.63) is 60.0 Å². The lowest BCUT2D eigenvalue weighted by atomic mass is 10.2. The van der Waals surface area contributed by atoms with Crippen LogP contribution < -0.4 is 5.32 Å². The SMILES string of the molecule is Cc1ccc(-c2nn(-c3ccccc3)cc2C(=O)NCCCN(C)S(C)(=O)=O)o1. The minimum Gasteiger partial charge on any atom is -0.460 e. The van der Waals surface area contributed by atoms with Gasteiger partial charge in [-0.05, 0) is 37.6 Å². The number of nitrogens with one attached hydrogen (secondary N) is 1. The minimum absolute atomic E-state index is 0.293. The predicted molar refractivity (Wildman–Crippen MR) is 110 cm³/mol. The maximum atomic E-state index is 12.8. The molecule has 0 spiro atoms. The standard InChI is InChI=1S/C20H24N4O4S/c1-15-10-11-18(28-15)19-17(14-24(22-19)16-8-5-4-6-9-16)20(25)21-12-7-13-23(2)29(3,26)27/h4-6,8-11,14H,7,12-13H2,1-3H3,(H,21,25). The van der Waals surface area contributed by atoms with Crippen LogP contribution in [0.5, 0.6) is 0 Å². The van der Waals surface area contributed by atoms with Gasteiger partial charge in [-0.2, -0.15) is 5.10 Å². The highest BCUT2D eigenvalue weighted by Gasteiger charge is 2.21. The van der Waals surface area contributed by atoms with E-state index < -0.39 is 10.0 Å². The van der Waals surface area contributed by atoms with Crippen molar-refractivity contribution in [2.75, 3.05) is 26.4 Å². The molecular weight excluding hydrogens is 392 g/mol. The molecule has 29 heavy (non-hydrogen) atoms. The smallest absolute Gasteiger partial charge is 0.255 e. The van der Waals surface area contributed by atoms with E-state index in [2.05, 4.69) is 10.4 Å². The third kappa shape index (κ3) is 5.12. The molecule has 8 nitrogen and oxygen atoms in total. The number of hydrogen-bond donors (Lipinski definition) is 1. The Balaban J connectivity index is 1.78. The fraction of sp³-hybridized carbons (Fsp3) is 0.300. The molecule has 0 aliphatic carbocycles. The Morgan fingerprint density at radius 1 is 1.21 bits per heavy atom. The quantitative estimate of drug-likeness (QED) is 0.569. The van der Waals surface area contributed by atoms with Crippen molar-refractivity contribution >= 4 is 15.9 Å². The molecule has 3 rings (SSSR count). The van der Waals surface area contributed by atoms with E-state index in [-0.39, 0.29) is 5.91 Å². The minimum atomic E-state index is -3.23. The van der Waals surface area contributed by atoms with Gasteiger partial charge in [0.15, 0.2) is 5.76 Å². The largest absolute Gasteiger partial charge is 0.460 e. The second-order valence-corrected chi connectivity index (χ2v) is 8.87. The molecule has 0 bridgehead atoms. The average Bonchev–Trinajstić information content (AvgIpc) is 3.31. The number of furan rings is 1. The zero-order valence-electron chi connectivity index (χ0n) is 16.6. The lowest BCUT2D eigenvalue weighted by Crippen LogP contribution is -2.31. The van der Waals surface area contributed by atoms with Gasteiger partial charge in [0.1, 0.15) is 11.5 Å². The van der Waals surface area contributed by atoms with Crippen LogP contribution in [0.2, 0.25) is 0 Å². The van der Waals surface area contributed by atoms with Crippen molar-refractivity contribution in [3.8, 4) is 17.1 Å². The molecule has 0 saturated heterocycles. The number of para-hydroxylation sites is 1. The Labute approximate surface area is 170 Å². The molecule has 0 aliphatic rings. The van der Waals surface area contributed by atoms with Crippen LogP contribution in [-0.4, -0.2) is 54.8 Å². The number of amides is 1. The van der Waals surface area contributed by atoms with Gasteiger partial charge in [0, 0.05) is 26.3 Å². The molecule has 2 aromatic heterocycles. The maximum absolute atomic E-state index is 12.8. The molecule has 9 heteroatoms. The van der Waals surface area contributed by atoms with Gasteiger partial charge in [-0.1, -0.05) is 18.2 Å². The van der Waals surface area contributed by atoms with Crippen LogP contribution >= 0.6 is 0 Å². The Hall–Kier alpha value is -2.91. The van der Waals surface area contributed by atoms with E-state index in [9.17, 15) is 13.2 Å². The van der Waals surface area contributed by atoms with Crippen LogP contribution in [-0.2, 0) is 10.0 Å². The molecule has 1 aromatic carbocycles. The summed E-state index contributed by atoms with van der Waals surface area (Å²) >= 11 is 0. The Bertz CT molecular complexity index is 1090. The fourth-order valence-corrected chi connectivity index (χ4v) is 3.22. The van der Waals surface area contributed by atoms with Gasteiger partial charge in [0.2, 0.25) is 10.0 Å². The Morgan fingerprint density at radius 3 is 2.55 bits per heavy atom. The number of rotatable bonds is 8. The summed E-state index contributed by atoms with van der Waals surface area (Å²) in [5.74, 6) is 0.946. The van der Waals surface area contributed by atoms with E-state index in [1.165, 1.54) is 11.4 Å². The molecule has 0 aliphatic heterocycles. The highest BCUT2D eigenvalue weighted by Crippen LogP contribution is 2.25. The first-order valence-corrected chi connectivity index (χ1v) is 11.0. The normalized spacial score (nSPS) is 11.7. The summed E-state index contributed by atoms with van der Waals surface area (Å²) in [4.78, 5) is 12.8. The van der Waals surface area contributed by atoms with E-state index in [1.54, 1.807) is 16.9 Å². The predicted octanol–water partition coefficient (Wildman–Crippen LogP) is 2.45. The topological polar surface area (TPSA) is 97.4 Å². The molecule has 0 fully saturated rings. The van der Waals surface area contributed by atoms with Crippen LogP contribution in [0.1, 0.15) is 22.5 Å². The van der Waals surface area contributed by atoms with Gasteiger partial charge in [0.05, 0.1) is 17.5 Å². The van der Waals surface area contributed by atoms with Crippen molar-refractivity contribution in [3.63, 3.8) is 0 Å². The van der Waals surface area contributed by atoms with Gasteiger partial charge in [0.25, 0.3) is 5.91 Å². The number of hydrogen-bond acceptors (Lipinski definition) is 5. The average molecular weight is 417 g/mol. The summed E-state index contributed by atoms with van der Waals surface area (Å²) < 4.78 is 31.4. The summed E-state index contributed by atoms with van der Waals surface area (Å²) in [6.45, 7) is 2.49. The number of carbonyl (C=O) groups is 1. The summed E-state index contributed by atoms with van der Waals surface area (Å²) in [5, 5.41) is 7.38. The molecule has 0 atom stereocenters. The molecule has 154 valence electrons. The zero-order valence-corrected chi connectivity index (χ0v) is 17.4. The molecule has 1 amide bonds. The molecule has 1 N–H and O–H groups in total. The molecule has 3 aromatic rings. The van der Waals surface area contributed by atoms with Crippen molar-refractivity contribution < 1.29 is 17.6 Å². The molecule has 0 unspecified atom stereocenters. The highest BCUT2D eigenvalue weighted by molar-refractivity contribution is 7.88. The summed E-state index contributed by atoms with van der Waals surface area (Å²) in [6, 6.07) is 13.1. The van der Waals surface area contributed by atoms with Crippen molar-refractivity contribution in [1.29, 1.82) is 0 Å². The van der Waals surface area contributed by atoms with Crippen molar-refractivity contribution in [2.45, 2.75) is 13.3 Å². The van der Waals surface area contributed by atoms with Gasteiger partial charge in [-0.25, -0.2) is 17.4 Å². The molecular formula is C20H24N4O4S. The van der Waals surface area contributed by atoms with E-state index in [0.717, 1.165) is 17.7 Å². The fourth-order valence-electron chi connectivity index (χ4n) is 2.76. The number of aromatic nitrogens is 2. The van der Waals surface area contributed by atoms with Crippen LogP contribution in [0.25, 0.3) is 17.1 Å². The number of sulfonamides is 1. The third-order valence-electron chi connectivity index (χ3n) is 4.45. The van der Waals surface area contributed by atoms with Crippen LogP contribution in [0.15, 0.2) is 53.1 Å². The highest BCUT2D eigenvalue weighted by atomic mass is 32.2. The van der Waals surface area contributed by atoms with Crippen molar-refractivity contribution in [2.24, 2.45) is 0 Å². The van der Waals surface area contributed by atoms with Crippen LogP contribution in [0, 0.1) is 6.92 Å². The summed E-state index contributed by atoms with van der Waals surface area (Å²) in [6.07, 6.45) is 3.32. The summed E-state index contributed by atoms with van der Waals surface area (Å²) in [7, 11) is -1.72. The maximum Gasteiger partial charge on any atom is 0.255 e. The lowest BCUT2D eigenvalue weighted by Gasteiger charge is -2.13. The van der Waals surface area contributed by atoms with E-state index >= 15 is 0 Å². The van der Waals surface area contributed by atoms with Crippen LogP contribution in [0.4, 0.5) is 0 Å².